The second-order valence-electron chi connectivity index (χ2n) is 4.00. The lowest BCUT2D eigenvalue weighted by molar-refractivity contribution is 0.292. The van der Waals surface area contributed by atoms with Crippen LogP contribution in [-0.2, 0) is 13.7 Å². The van der Waals surface area contributed by atoms with Gasteiger partial charge in [-0.3, -0.25) is 0 Å². The second-order valence-corrected chi connectivity index (χ2v) is 4.00. The highest BCUT2D eigenvalue weighted by atomic mass is 16.5. The SMILES string of the molecule is Cc1cccc(OCc2nnc(C)n2C)c1N. The van der Waals surface area contributed by atoms with Gasteiger partial charge in [-0.05, 0) is 25.5 Å². The molecule has 1 heterocycles. The maximum absolute atomic E-state index is 5.92. The fourth-order valence-corrected chi connectivity index (χ4v) is 1.50. The maximum Gasteiger partial charge on any atom is 0.170 e. The van der Waals surface area contributed by atoms with Gasteiger partial charge in [0, 0.05) is 7.05 Å². The van der Waals surface area contributed by atoms with Crippen molar-refractivity contribution in [1.82, 2.24) is 14.8 Å². The molecule has 5 nitrogen and oxygen atoms in total. The van der Waals surface area contributed by atoms with Crippen LogP contribution in [0, 0.1) is 13.8 Å². The summed E-state index contributed by atoms with van der Waals surface area (Å²) in [4.78, 5) is 0. The molecule has 0 fully saturated rings. The number of nitrogens with zero attached hydrogens (tertiary/aromatic N) is 3. The molecule has 1 aromatic heterocycles. The Balaban J connectivity index is 2.13. The fourth-order valence-electron chi connectivity index (χ4n) is 1.50. The van der Waals surface area contributed by atoms with Gasteiger partial charge in [-0.25, -0.2) is 0 Å². The molecule has 5 heteroatoms. The van der Waals surface area contributed by atoms with Crippen molar-refractivity contribution in [1.29, 1.82) is 0 Å². The Bertz CT molecular complexity index is 533. The first-order chi connectivity index (χ1) is 8.09. The lowest BCUT2D eigenvalue weighted by Gasteiger charge is -2.10. The van der Waals surface area contributed by atoms with Gasteiger partial charge in [0.1, 0.15) is 18.2 Å². The Morgan fingerprint density at radius 1 is 1.29 bits per heavy atom. The van der Waals surface area contributed by atoms with Crippen LogP contribution >= 0.6 is 0 Å². The third-order valence-corrected chi connectivity index (χ3v) is 2.82. The van der Waals surface area contributed by atoms with Gasteiger partial charge < -0.3 is 15.0 Å². The van der Waals surface area contributed by atoms with E-state index in [1.807, 2.05) is 43.7 Å². The standard InChI is InChI=1S/C12H16N4O/c1-8-5-4-6-10(12(8)13)17-7-11-15-14-9(2)16(11)3/h4-6H,7,13H2,1-3H3. The molecule has 0 bridgehead atoms. The third kappa shape index (κ3) is 2.22. The van der Waals surface area contributed by atoms with E-state index in [4.69, 9.17) is 10.5 Å². The van der Waals surface area contributed by atoms with Crippen LogP contribution in [-0.4, -0.2) is 14.8 Å². The summed E-state index contributed by atoms with van der Waals surface area (Å²) >= 11 is 0. The molecule has 2 aromatic rings. The summed E-state index contributed by atoms with van der Waals surface area (Å²) in [6.45, 7) is 4.22. The van der Waals surface area contributed by atoms with Crippen LogP contribution in [0.5, 0.6) is 5.75 Å². The molecule has 0 radical (unpaired) electrons. The molecule has 1 aromatic carbocycles. The Labute approximate surface area is 100 Å². The number of hydrogen-bond acceptors (Lipinski definition) is 4. The maximum atomic E-state index is 5.92. The van der Waals surface area contributed by atoms with E-state index >= 15 is 0 Å². The molecular formula is C12H16N4O. The van der Waals surface area contributed by atoms with Crippen LogP contribution in [0.4, 0.5) is 5.69 Å². The summed E-state index contributed by atoms with van der Waals surface area (Å²) in [5, 5.41) is 8.00. The van der Waals surface area contributed by atoms with Crippen LogP contribution in [0.2, 0.25) is 0 Å². The first-order valence-corrected chi connectivity index (χ1v) is 5.42. The smallest absolute Gasteiger partial charge is 0.170 e. The summed E-state index contributed by atoms with van der Waals surface area (Å²) in [7, 11) is 1.91. The van der Waals surface area contributed by atoms with E-state index < -0.39 is 0 Å². The van der Waals surface area contributed by atoms with Gasteiger partial charge in [0.25, 0.3) is 0 Å². The monoisotopic (exact) mass is 232 g/mol. The molecule has 90 valence electrons. The zero-order valence-corrected chi connectivity index (χ0v) is 10.3. The van der Waals surface area contributed by atoms with Gasteiger partial charge in [-0.1, -0.05) is 12.1 Å². The van der Waals surface area contributed by atoms with Crippen molar-refractivity contribution in [3.05, 3.63) is 35.4 Å². The average Bonchev–Trinajstić information content (AvgIpc) is 2.62. The van der Waals surface area contributed by atoms with Crippen molar-refractivity contribution in [2.24, 2.45) is 7.05 Å². The molecule has 0 aliphatic rings. The van der Waals surface area contributed by atoms with E-state index in [2.05, 4.69) is 10.2 Å². The van der Waals surface area contributed by atoms with E-state index in [1.54, 1.807) is 0 Å². The first kappa shape index (κ1) is 11.4. The molecule has 0 atom stereocenters. The number of benzene rings is 1. The molecule has 0 saturated heterocycles. The van der Waals surface area contributed by atoms with Crippen molar-refractivity contribution < 1.29 is 4.74 Å². The minimum atomic E-state index is 0.366. The average molecular weight is 232 g/mol. The number of para-hydroxylation sites is 1. The highest BCUT2D eigenvalue weighted by molar-refractivity contribution is 5.57. The van der Waals surface area contributed by atoms with E-state index in [0.29, 0.717) is 18.0 Å². The molecule has 0 unspecified atom stereocenters. The van der Waals surface area contributed by atoms with Crippen molar-refractivity contribution in [3.63, 3.8) is 0 Å². The molecule has 17 heavy (non-hydrogen) atoms. The van der Waals surface area contributed by atoms with Crippen LogP contribution in [0.15, 0.2) is 18.2 Å². The van der Waals surface area contributed by atoms with Crippen LogP contribution in [0.25, 0.3) is 0 Å². The van der Waals surface area contributed by atoms with Gasteiger partial charge in [0.05, 0.1) is 5.69 Å². The first-order valence-electron chi connectivity index (χ1n) is 5.42. The van der Waals surface area contributed by atoms with Crippen LogP contribution < -0.4 is 10.5 Å². The number of rotatable bonds is 3. The summed E-state index contributed by atoms with van der Waals surface area (Å²) in [5.41, 5.74) is 7.61. The Morgan fingerprint density at radius 3 is 2.71 bits per heavy atom. The molecule has 2 rings (SSSR count). The topological polar surface area (TPSA) is 66.0 Å². The number of aromatic nitrogens is 3. The van der Waals surface area contributed by atoms with Crippen molar-refractivity contribution in [2.75, 3.05) is 5.73 Å². The summed E-state index contributed by atoms with van der Waals surface area (Å²) in [6, 6.07) is 5.73. The number of hydrogen-bond donors (Lipinski definition) is 1. The van der Waals surface area contributed by atoms with Crippen molar-refractivity contribution in [2.45, 2.75) is 20.5 Å². The molecule has 0 spiro atoms. The molecule has 2 N–H and O–H groups in total. The molecule has 0 aliphatic heterocycles. The highest BCUT2D eigenvalue weighted by Gasteiger charge is 2.07. The molecule has 0 saturated carbocycles. The van der Waals surface area contributed by atoms with Crippen molar-refractivity contribution >= 4 is 5.69 Å². The quantitative estimate of drug-likeness (QED) is 0.816. The second kappa shape index (κ2) is 4.45. The minimum Gasteiger partial charge on any atom is -0.483 e. The largest absolute Gasteiger partial charge is 0.483 e. The van der Waals surface area contributed by atoms with E-state index in [9.17, 15) is 0 Å². The highest BCUT2D eigenvalue weighted by Crippen LogP contribution is 2.24. The van der Waals surface area contributed by atoms with Gasteiger partial charge in [-0.2, -0.15) is 0 Å². The van der Waals surface area contributed by atoms with Crippen LogP contribution in [0.3, 0.4) is 0 Å². The summed E-state index contributed by atoms with van der Waals surface area (Å²) < 4.78 is 7.54. The number of nitrogen functional groups attached to an aromatic ring is 1. The number of nitrogens with two attached hydrogens (primary N) is 1. The number of ether oxygens (including phenoxy) is 1. The van der Waals surface area contributed by atoms with Gasteiger partial charge >= 0.3 is 0 Å². The van der Waals surface area contributed by atoms with E-state index in [0.717, 1.165) is 17.2 Å². The lowest BCUT2D eigenvalue weighted by atomic mass is 10.2. The Kier molecular flexibility index (Phi) is 2.99. The molecule has 0 amide bonds. The normalized spacial score (nSPS) is 10.5. The van der Waals surface area contributed by atoms with Gasteiger partial charge in [0.2, 0.25) is 0 Å². The zero-order valence-electron chi connectivity index (χ0n) is 10.3. The number of aryl methyl sites for hydroxylation is 2. The third-order valence-electron chi connectivity index (χ3n) is 2.82. The number of anilines is 1. The molecule has 0 aliphatic carbocycles. The summed E-state index contributed by atoms with van der Waals surface area (Å²) in [6.07, 6.45) is 0. The lowest BCUT2D eigenvalue weighted by Crippen LogP contribution is -2.06. The minimum absolute atomic E-state index is 0.366. The zero-order chi connectivity index (χ0) is 12.4. The van der Waals surface area contributed by atoms with Crippen molar-refractivity contribution in [3.8, 4) is 5.75 Å². The summed E-state index contributed by atoms with van der Waals surface area (Å²) in [5.74, 6) is 2.33. The fraction of sp³-hybridized carbons (Fsp3) is 0.333. The Morgan fingerprint density at radius 2 is 2.06 bits per heavy atom. The van der Waals surface area contributed by atoms with Crippen LogP contribution in [0.1, 0.15) is 17.2 Å². The van der Waals surface area contributed by atoms with E-state index in [1.165, 1.54) is 0 Å². The predicted molar refractivity (Wildman–Crippen MR) is 65.7 cm³/mol. The molecular weight excluding hydrogens is 216 g/mol. The Hall–Kier alpha value is -2.04. The van der Waals surface area contributed by atoms with Gasteiger partial charge in [-0.15, -0.1) is 10.2 Å². The predicted octanol–water partition coefficient (Wildman–Crippen LogP) is 1.59. The van der Waals surface area contributed by atoms with Gasteiger partial charge in [0.15, 0.2) is 5.82 Å². The van der Waals surface area contributed by atoms with E-state index in [-0.39, 0.29) is 0 Å².